The van der Waals surface area contributed by atoms with E-state index in [1.165, 1.54) is 6.07 Å². The number of hydrogen-bond acceptors (Lipinski definition) is 2. The summed E-state index contributed by atoms with van der Waals surface area (Å²) in [6.45, 7) is 4.94. The van der Waals surface area contributed by atoms with E-state index in [1.54, 1.807) is 6.07 Å². The van der Waals surface area contributed by atoms with E-state index in [1.807, 2.05) is 19.2 Å². The van der Waals surface area contributed by atoms with E-state index in [2.05, 4.69) is 11.5 Å². The summed E-state index contributed by atoms with van der Waals surface area (Å²) in [6, 6.07) is 5.19. The fourth-order valence-electron chi connectivity index (χ4n) is 1.78. The van der Waals surface area contributed by atoms with Crippen LogP contribution in [0.15, 0.2) is 24.4 Å². The van der Waals surface area contributed by atoms with Gasteiger partial charge < -0.3 is 10.2 Å². The van der Waals surface area contributed by atoms with Gasteiger partial charge in [0.1, 0.15) is 6.54 Å². The first-order valence-electron chi connectivity index (χ1n) is 4.98. The molecule has 0 radical (unpaired) electrons. The van der Waals surface area contributed by atoms with Crippen LogP contribution in [0.4, 0.5) is 0 Å². The topological polar surface area (TPSA) is 44.3 Å². The molecule has 0 unspecified atom stereocenters. The van der Waals surface area contributed by atoms with Crippen LogP contribution in [0.5, 0.6) is 11.5 Å². The number of aryl methyl sites for hydroxylation is 2. The molecule has 1 aromatic carbocycles. The molecular formula is C12H14NO2+. The van der Waals surface area contributed by atoms with Crippen molar-refractivity contribution in [1.82, 2.24) is 0 Å². The summed E-state index contributed by atoms with van der Waals surface area (Å²) >= 11 is 0. The van der Waals surface area contributed by atoms with Crippen LogP contribution in [0.25, 0.3) is 10.8 Å². The van der Waals surface area contributed by atoms with Crippen molar-refractivity contribution in [2.45, 2.75) is 20.4 Å². The maximum Gasteiger partial charge on any atom is 0.178 e. The second kappa shape index (κ2) is 3.42. The second-order valence-electron chi connectivity index (χ2n) is 3.64. The molecule has 78 valence electrons. The lowest BCUT2D eigenvalue weighted by atomic mass is 10.1. The molecule has 3 nitrogen and oxygen atoms in total. The van der Waals surface area contributed by atoms with E-state index >= 15 is 0 Å². The molecular weight excluding hydrogens is 190 g/mol. The number of rotatable bonds is 1. The lowest BCUT2D eigenvalue weighted by Gasteiger charge is -2.04. The molecule has 0 aliphatic carbocycles. The highest BCUT2D eigenvalue weighted by atomic mass is 16.3. The Balaban J connectivity index is 2.81. The maximum atomic E-state index is 9.69. The summed E-state index contributed by atoms with van der Waals surface area (Å²) in [5.41, 5.74) is 1.06. The number of phenolic OH excluding ortho intramolecular Hbond substituents is 2. The lowest BCUT2D eigenvalue weighted by molar-refractivity contribution is -0.698. The molecule has 2 aromatic rings. The number of hydrogen-bond donors (Lipinski definition) is 2. The summed E-state index contributed by atoms with van der Waals surface area (Å²) in [7, 11) is 0. The van der Waals surface area contributed by atoms with E-state index < -0.39 is 0 Å². The van der Waals surface area contributed by atoms with Crippen molar-refractivity contribution in [3.05, 3.63) is 30.1 Å². The number of benzene rings is 1. The first-order valence-corrected chi connectivity index (χ1v) is 4.98. The predicted molar refractivity (Wildman–Crippen MR) is 57.9 cm³/mol. The van der Waals surface area contributed by atoms with E-state index in [0.717, 1.165) is 17.6 Å². The number of nitrogens with zero attached hydrogens (tertiary/aromatic N) is 1. The standard InChI is InChI=1S/C12H13NO2/c1-3-13-7-9-4-5-11(14)12(15)10(9)6-8(13)2/h4-7,15H,3H2,1-2H3/p+1. The molecule has 0 fully saturated rings. The van der Waals surface area contributed by atoms with Crippen molar-refractivity contribution in [2.75, 3.05) is 0 Å². The van der Waals surface area contributed by atoms with Gasteiger partial charge in [0.25, 0.3) is 0 Å². The highest BCUT2D eigenvalue weighted by molar-refractivity contribution is 5.89. The minimum atomic E-state index is -0.0730. The Labute approximate surface area is 88.2 Å². The van der Waals surface area contributed by atoms with Gasteiger partial charge >= 0.3 is 0 Å². The smallest absolute Gasteiger partial charge is 0.178 e. The van der Waals surface area contributed by atoms with Gasteiger partial charge in [0.2, 0.25) is 0 Å². The summed E-state index contributed by atoms with van der Waals surface area (Å²) in [5, 5.41) is 20.7. The van der Waals surface area contributed by atoms with Crippen molar-refractivity contribution in [3.8, 4) is 11.5 Å². The summed E-state index contributed by atoms with van der Waals surface area (Å²) < 4.78 is 2.10. The van der Waals surface area contributed by atoms with E-state index in [0.29, 0.717) is 5.39 Å². The maximum absolute atomic E-state index is 9.69. The average molecular weight is 204 g/mol. The first-order chi connectivity index (χ1) is 7.13. The third kappa shape index (κ3) is 1.50. The van der Waals surface area contributed by atoms with Crippen LogP contribution in [0.2, 0.25) is 0 Å². The van der Waals surface area contributed by atoms with Crippen LogP contribution in [0.1, 0.15) is 12.6 Å². The summed E-state index contributed by atoms with van der Waals surface area (Å²) in [6.07, 6.45) is 1.98. The van der Waals surface area contributed by atoms with Gasteiger partial charge in [0, 0.05) is 23.8 Å². The molecule has 0 aliphatic heterocycles. The van der Waals surface area contributed by atoms with Crippen molar-refractivity contribution >= 4 is 10.8 Å². The molecule has 0 bridgehead atoms. The zero-order valence-electron chi connectivity index (χ0n) is 8.86. The van der Waals surface area contributed by atoms with Gasteiger partial charge in [-0.2, -0.15) is 0 Å². The normalized spacial score (nSPS) is 10.8. The Kier molecular flexibility index (Phi) is 2.23. The van der Waals surface area contributed by atoms with Gasteiger partial charge in [0.05, 0.1) is 0 Å². The molecule has 0 amide bonds. The predicted octanol–water partition coefficient (Wildman–Crippen LogP) is 1.87. The fraction of sp³-hybridized carbons (Fsp3) is 0.250. The van der Waals surface area contributed by atoms with E-state index in [-0.39, 0.29) is 11.5 Å². The Morgan fingerprint density at radius 2 is 2.00 bits per heavy atom. The molecule has 1 heterocycles. The lowest BCUT2D eigenvalue weighted by Crippen LogP contribution is -2.35. The van der Waals surface area contributed by atoms with Crippen LogP contribution in [-0.4, -0.2) is 10.2 Å². The molecule has 1 aromatic heterocycles. The number of fused-ring (bicyclic) bond motifs is 1. The van der Waals surface area contributed by atoms with Crippen LogP contribution in [0.3, 0.4) is 0 Å². The molecule has 2 rings (SSSR count). The number of phenols is 2. The minimum absolute atomic E-state index is 0.0427. The molecule has 15 heavy (non-hydrogen) atoms. The minimum Gasteiger partial charge on any atom is -0.504 e. The van der Waals surface area contributed by atoms with Gasteiger partial charge in [-0.3, -0.25) is 0 Å². The fourth-order valence-corrected chi connectivity index (χ4v) is 1.78. The highest BCUT2D eigenvalue weighted by Gasteiger charge is 2.11. The molecule has 2 N–H and O–H groups in total. The van der Waals surface area contributed by atoms with Crippen LogP contribution in [-0.2, 0) is 6.54 Å². The monoisotopic (exact) mass is 204 g/mol. The van der Waals surface area contributed by atoms with Crippen LogP contribution in [0, 0.1) is 6.92 Å². The van der Waals surface area contributed by atoms with Crippen LogP contribution < -0.4 is 4.57 Å². The van der Waals surface area contributed by atoms with Gasteiger partial charge in [-0.1, -0.05) is 0 Å². The SMILES string of the molecule is CC[n+]1cc2ccc(O)c(O)c2cc1C. The Morgan fingerprint density at radius 3 is 2.67 bits per heavy atom. The number of pyridine rings is 1. The molecule has 0 saturated carbocycles. The van der Waals surface area contributed by atoms with E-state index in [9.17, 15) is 10.2 Å². The van der Waals surface area contributed by atoms with Gasteiger partial charge in [-0.25, -0.2) is 4.57 Å². The summed E-state index contributed by atoms with van der Waals surface area (Å²) in [5.74, 6) is -0.116. The Hall–Kier alpha value is -1.77. The van der Waals surface area contributed by atoms with Crippen molar-refractivity contribution in [1.29, 1.82) is 0 Å². The number of aromatic hydroxyl groups is 2. The quantitative estimate of drug-likeness (QED) is 0.550. The van der Waals surface area contributed by atoms with Gasteiger partial charge in [-0.05, 0) is 19.1 Å². The number of aromatic nitrogens is 1. The third-order valence-electron chi connectivity index (χ3n) is 2.67. The van der Waals surface area contributed by atoms with Crippen molar-refractivity contribution in [2.24, 2.45) is 0 Å². The second-order valence-corrected chi connectivity index (χ2v) is 3.64. The third-order valence-corrected chi connectivity index (χ3v) is 2.67. The van der Waals surface area contributed by atoms with Crippen molar-refractivity contribution < 1.29 is 14.8 Å². The molecule has 3 heteroatoms. The zero-order chi connectivity index (χ0) is 11.0. The van der Waals surface area contributed by atoms with Gasteiger partial charge in [0.15, 0.2) is 23.4 Å². The van der Waals surface area contributed by atoms with Crippen molar-refractivity contribution in [3.63, 3.8) is 0 Å². The van der Waals surface area contributed by atoms with Gasteiger partial charge in [-0.15, -0.1) is 0 Å². The van der Waals surface area contributed by atoms with Crippen LogP contribution >= 0.6 is 0 Å². The molecule has 0 spiro atoms. The Bertz CT molecular complexity index is 521. The largest absolute Gasteiger partial charge is 0.504 e. The zero-order valence-corrected chi connectivity index (χ0v) is 8.86. The highest BCUT2D eigenvalue weighted by Crippen LogP contribution is 2.32. The molecule has 0 aliphatic rings. The molecule has 0 atom stereocenters. The van der Waals surface area contributed by atoms with E-state index in [4.69, 9.17) is 0 Å². The first kappa shape index (κ1) is 9.77. The average Bonchev–Trinajstić information content (AvgIpc) is 2.24. The Morgan fingerprint density at radius 1 is 1.27 bits per heavy atom. The summed E-state index contributed by atoms with van der Waals surface area (Å²) in [4.78, 5) is 0. The molecule has 0 saturated heterocycles.